The van der Waals surface area contributed by atoms with E-state index in [1.165, 1.54) is 0 Å². The minimum Gasteiger partial charge on any atom is -0.492 e. The molecule has 0 saturated heterocycles. The Bertz CT molecular complexity index is 482. The fourth-order valence-corrected chi connectivity index (χ4v) is 2.35. The molecule has 1 rings (SSSR count). The largest absolute Gasteiger partial charge is 0.492 e. The predicted octanol–water partition coefficient (Wildman–Crippen LogP) is 1.60. The van der Waals surface area contributed by atoms with E-state index in [9.17, 15) is 10.1 Å². The summed E-state index contributed by atoms with van der Waals surface area (Å²) in [5, 5.41) is 16.1. The first-order valence-corrected chi connectivity index (χ1v) is 7.74. The smallest absolute Gasteiger partial charge is 0.274 e. The molecule has 0 spiro atoms. The third kappa shape index (κ3) is 6.84. The van der Waals surface area contributed by atoms with E-state index in [4.69, 9.17) is 4.74 Å². The number of aromatic nitrogens is 1. The van der Waals surface area contributed by atoms with Crippen LogP contribution in [0.25, 0.3) is 0 Å². The molecule has 0 bridgehead atoms. The summed E-state index contributed by atoms with van der Waals surface area (Å²) in [6.07, 6.45) is 2.66. The maximum Gasteiger partial charge on any atom is 0.274 e. The van der Waals surface area contributed by atoms with Gasteiger partial charge in [0, 0.05) is 31.3 Å². The van der Waals surface area contributed by atoms with E-state index in [1.807, 2.05) is 19.1 Å². The first-order chi connectivity index (χ1) is 10.2. The van der Waals surface area contributed by atoms with Gasteiger partial charge in [-0.2, -0.15) is 11.8 Å². The molecule has 2 N–H and O–H groups in total. The highest BCUT2D eigenvalue weighted by Gasteiger charge is 2.04. The highest BCUT2D eigenvalue weighted by Crippen LogP contribution is 2.20. The number of nitrogens with zero attached hydrogens (tertiary/aromatic N) is 2. The van der Waals surface area contributed by atoms with E-state index in [2.05, 4.69) is 15.6 Å². The molecule has 0 amide bonds. The van der Waals surface area contributed by atoms with E-state index in [1.54, 1.807) is 25.0 Å². The molecule has 21 heavy (non-hydrogen) atoms. The van der Waals surface area contributed by atoms with Crippen molar-refractivity contribution in [2.24, 2.45) is 0 Å². The summed E-state index contributed by atoms with van der Waals surface area (Å²) in [5.41, 5.74) is 0.916. The first-order valence-electron chi connectivity index (χ1n) is 6.58. The zero-order valence-corrected chi connectivity index (χ0v) is 13.0. The molecule has 1 heterocycles. The van der Waals surface area contributed by atoms with Crippen molar-refractivity contribution < 1.29 is 9.66 Å². The molecule has 0 aliphatic rings. The van der Waals surface area contributed by atoms with Gasteiger partial charge in [0.25, 0.3) is 6.20 Å². The molecular weight excluding hydrogens is 292 g/mol. The average Bonchev–Trinajstić information content (AvgIpc) is 2.47. The van der Waals surface area contributed by atoms with Gasteiger partial charge in [-0.25, -0.2) is 0 Å². The van der Waals surface area contributed by atoms with Crippen molar-refractivity contribution in [3.8, 4) is 5.75 Å². The van der Waals surface area contributed by atoms with Crippen LogP contribution in [0.1, 0.15) is 12.6 Å². The van der Waals surface area contributed by atoms with Gasteiger partial charge in [-0.15, -0.1) is 0 Å². The number of hydrogen-bond acceptors (Lipinski definition) is 7. The molecule has 0 atom stereocenters. The van der Waals surface area contributed by atoms with Crippen LogP contribution in [-0.4, -0.2) is 35.9 Å². The number of nitrogens with one attached hydrogen (secondary N) is 2. The Hall–Kier alpha value is -1.96. The molecule has 0 saturated carbocycles. The van der Waals surface area contributed by atoms with E-state index < -0.39 is 4.92 Å². The van der Waals surface area contributed by atoms with Crippen molar-refractivity contribution in [1.29, 1.82) is 0 Å². The number of hydrogen-bond donors (Lipinski definition) is 2. The summed E-state index contributed by atoms with van der Waals surface area (Å²) in [6, 6.07) is 3.76. The second-order valence-electron chi connectivity index (χ2n) is 3.94. The summed E-state index contributed by atoms with van der Waals surface area (Å²) in [4.78, 5) is 14.2. The van der Waals surface area contributed by atoms with Gasteiger partial charge in [0.1, 0.15) is 5.75 Å². The predicted molar refractivity (Wildman–Crippen MR) is 83.7 cm³/mol. The normalized spacial score (nSPS) is 11.0. The van der Waals surface area contributed by atoms with E-state index in [0.717, 1.165) is 29.1 Å². The minimum absolute atomic E-state index is 0.397. The van der Waals surface area contributed by atoms with Crippen molar-refractivity contribution in [2.75, 3.05) is 26.0 Å². The number of rotatable bonds is 10. The second-order valence-corrected chi connectivity index (χ2v) is 5.04. The quantitative estimate of drug-likeness (QED) is 0.385. The molecule has 0 aliphatic carbocycles. The Balaban J connectivity index is 2.33. The fraction of sp³-hybridized carbons (Fsp3) is 0.462. The number of pyridine rings is 1. The van der Waals surface area contributed by atoms with Gasteiger partial charge < -0.3 is 15.4 Å². The van der Waals surface area contributed by atoms with E-state index in [-0.39, 0.29) is 0 Å². The lowest BCUT2D eigenvalue weighted by Crippen LogP contribution is -2.26. The lowest BCUT2D eigenvalue weighted by atomic mass is 10.3. The van der Waals surface area contributed by atoms with Crippen LogP contribution in [-0.2, 0) is 5.75 Å². The van der Waals surface area contributed by atoms with E-state index in [0.29, 0.717) is 19.0 Å². The number of nitro groups is 1. The first kappa shape index (κ1) is 17.1. The zero-order valence-electron chi connectivity index (χ0n) is 12.2. The Kier molecular flexibility index (Phi) is 8.03. The van der Waals surface area contributed by atoms with E-state index >= 15 is 0 Å². The van der Waals surface area contributed by atoms with Crippen LogP contribution >= 0.6 is 11.8 Å². The Morgan fingerprint density at radius 3 is 3.10 bits per heavy atom. The third-order valence-corrected chi connectivity index (χ3v) is 3.42. The molecule has 0 radical (unpaired) electrons. The number of thioether (sulfide) groups is 1. The summed E-state index contributed by atoms with van der Waals surface area (Å²) in [6.45, 7) is 3.18. The molecule has 0 fully saturated rings. The summed E-state index contributed by atoms with van der Waals surface area (Å²) in [5.74, 6) is 2.75. The highest BCUT2D eigenvalue weighted by atomic mass is 32.2. The lowest BCUT2D eigenvalue weighted by molar-refractivity contribution is -0.404. The summed E-state index contributed by atoms with van der Waals surface area (Å²) < 4.78 is 5.51. The van der Waals surface area contributed by atoms with Crippen LogP contribution in [0.15, 0.2) is 30.4 Å². The molecule has 0 aromatic carbocycles. The number of ether oxygens (including phenoxy) is 1. The lowest BCUT2D eigenvalue weighted by Gasteiger charge is -2.09. The summed E-state index contributed by atoms with van der Waals surface area (Å²) >= 11 is 1.69. The van der Waals surface area contributed by atoms with Crippen LogP contribution < -0.4 is 15.4 Å². The Labute approximate surface area is 128 Å². The molecule has 116 valence electrons. The zero-order chi connectivity index (χ0) is 15.5. The average molecular weight is 312 g/mol. The minimum atomic E-state index is -0.492. The van der Waals surface area contributed by atoms with Gasteiger partial charge in [-0.05, 0) is 19.1 Å². The Morgan fingerprint density at radius 2 is 2.43 bits per heavy atom. The van der Waals surface area contributed by atoms with Crippen LogP contribution in [0.3, 0.4) is 0 Å². The SMILES string of the molecule is CCOc1cccnc1CSCCNC(=C[N+](=O)[O-])NC. The van der Waals surface area contributed by atoms with Gasteiger partial charge in [-0.1, -0.05) is 0 Å². The molecule has 1 aromatic rings. The van der Waals surface area contributed by atoms with Crippen molar-refractivity contribution in [2.45, 2.75) is 12.7 Å². The van der Waals surface area contributed by atoms with Crippen molar-refractivity contribution in [3.05, 3.63) is 46.2 Å². The molecule has 7 nitrogen and oxygen atoms in total. The third-order valence-electron chi connectivity index (χ3n) is 2.45. The second kappa shape index (κ2) is 9.87. The van der Waals surface area contributed by atoms with Gasteiger partial charge in [0.15, 0.2) is 5.82 Å². The van der Waals surface area contributed by atoms with Gasteiger partial charge >= 0.3 is 0 Å². The standard InChI is InChI=1S/C13H20N4O3S/c1-3-20-12-5-4-6-15-11(12)10-21-8-7-16-13(14-2)9-17(18)19/h4-6,9,14,16H,3,7-8,10H2,1-2H3. The van der Waals surface area contributed by atoms with Crippen LogP contribution in [0, 0.1) is 10.1 Å². The van der Waals surface area contributed by atoms with Gasteiger partial charge in [0.2, 0.25) is 0 Å². The molecule has 1 aromatic heterocycles. The fourth-order valence-electron chi connectivity index (χ4n) is 1.55. The van der Waals surface area contributed by atoms with Crippen molar-refractivity contribution in [3.63, 3.8) is 0 Å². The van der Waals surface area contributed by atoms with Gasteiger partial charge in [-0.3, -0.25) is 15.1 Å². The van der Waals surface area contributed by atoms with Crippen LogP contribution in [0.4, 0.5) is 0 Å². The van der Waals surface area contributed by atoms with Crippen molar-refractivity contribution >= 4 is 11.8 Å². The molecule has 8 heteroatoms. The van der Waals surface area contributed by atoms with Gasteiger partial charge in [0.05, 0.1) is 17.2 Å². The maximum atomic E-state index is 10.4. The van der Waals surface area contributed by atoms with Crippen LogP contribution in [0.2, 0.25) is 0 Å². The monoisotopic (exact) mass is 312 g/mol. The topological polar surface area (TPSA) is 89.3 Å². The molecule has 0 aliphatic heterocycles. The Morgan fingerprint density at radius 1 is 1.62 bits per heavy atom. The summed E-state index contributed by atoms with van der Waals surface area (Å²) in [7, 11) is 1.64. The molecular formula is C13H20N4O3S. The van der Waals surface area contributed by atoms with Crippen molar-refractivity contribution in [1.82, 2.24) is 15.6 Å². The maximum absolute atomic E-state index is 10.4. The highest BCUT2D eigenvalue weighted by molar-refractivity contribution is 7.98. The molecule has 0 unspecified atom stereocenters. The van der Waals surface area contributed by atoms with Crippen LogP contribution in [0.5, 0.6) is 5.75 Å².